The molecule has 0 N–H and O–H groups in total. The number of rotatable bonds is 12. The van der Waals surface area contributed by atoms with Gasteiger partial charge < -0.3 is 0 Å². The maximum Gasteiger partial charge on any atom is 0.200 e. The second-order valence-electron chi connectivity index (χ2n) is 5.43. The lowest BCUT2D eigenvalue weighted by Gasteiger charge is -2.02. The van der Waals surface area contributed by atoms with Crippen molar-refractivity contribution < 1.29 is 4.79 Å². The summed E-state index contributed by atoms with van der Waals surface area (Å²) in [5.41, 5.74) is 0. The first-order chi connectivity index (χ1) is 9.84. The summed E-state index contributed by atoms with van der Waals surface area (Å²) in [6.45, 7) is 2.25. The first kappa shape index (κ1) is 16.8. The number of carbonyl (C=O) groups is 1. The van der Waals surface area contributed by atoms with Crippen LogP contribution in [0.2, 0.25) is 0 Å². The lowest BCUT2D eigenvalue weighted by Crippen LogP contribution is -2.04. The quantitative estimate of drug-likeness (QED) is 0.400. The third-order valence-corrected chi connectivity index (χ3v) is 3.57. The minimum atomic E-state index is 0.0742. The van der Waals surface area contributed by atoms with Gasteiger partial charge in [0, 0.05) is 18.8 Å². The van der Waals surface area contributed by atoms with Crippen molar-refractivity contribution in [2.45, 2.75) is 77.6 Å². The predicted molar refractivity (Wildman–Crippen MR) is 82.8 cm³/mol. The van der Waals surface area contributed by atoms with Gasteiger partial charge in [0.25, 0.3) is 0 Å². The fourth-order valence-corrected chi connectivity index (χ4v) is 2.33. The second-order valence-corrected chi connectivity index (χ2v) is 5.43. The molecule has 3 nitrogen and oxygen atoms in total. The molecular weight excluding hydrogens is 248 g/mol. The van der Waals surface area contributed by atoms with Crippen LogP contribution in [0.4, 0.5) is 0 Å². The maximum absolute atomic E-state index is 11.8. The molecule has 1 aromatic rings. The summed E-state index contributed by atoms with van der Waals surface area (Å²) in [4.78, 5) is 19.7. The van der Waals surface area contributed by atoms with Crippen LogP contribution in [-0.4, -0.2) is 15.8 Å². The van der Waals surface area contributed by atoms with Crippen molar-refractivity contribution in [3.05, 3.63) is 24.3 Å². The predicted octanol–water partition coefficient (Wildman–Crippen LogP) is 4.97. The Morgan fingerprint density at radius 3 is 1.90 bits per heavy atom. The Balaban J connectivity index is 1.91. The van der Waals surface area contributed by atoms with E-state index in [0.717, 1.165) is 12.8 Å². The van der Waals surface area contributed by atoms with Crippen molar-refractivity contribution in [3.63, 3.8) is 0 Å². The fraction of sp³-hybridized carbons (Fsp3) is 0.706. The number of aromatic nitrogens is 2. The first-order valence-electron chi connectivity index (χ1n) is 8.15. The van der Waals surface area contributed by atoms with Crippen molar-refractivity contribution >= 4 is 5.78 Å². The van der Waals surface area contributed by atoms with Crippen LogP contribution in [0.25, 0.3) is 0 Å². The Morgan fingerprint density at radius 2 is 1.35 bits per heavy atom. The Labute approximate surface area is 123 Å². The van der Waals surface area contributed by atoms with Crippen LogP contribution in [0.3, 0.4) is 0 Å². The molecule has 0 radical (unpaired) electrons. The zero-order chi connectivity index (χ0) is 14.5. The van der Waals surface area contributed by atoms with Gasteiger partial charge in [-0.15, -0.1) is 0 Å². The molecule has 0 unspecified atom stereocenters. The summed E-state index contributed by atoms with van der Waals surface area (Å²) in [5, 5.41) is 0. The maximum atomic E-state index is 11.8. The van der Waals surface area contributed by atoms with Crippen molar-refractivity contribution in [3.8, 4) is 0 Å². The summed E-state index contributed by atoms with van der Waals surface area (Å²) >= 11 is 0. The molecule has 1 heterocycles. The number of unbranched alkanes of at least 4 members (excludes halogenated alkanes) is 9. The Kier molecular flexibility index (Phi) is 9.72. The van der Waals surface area contributed by atoms with E-state index in [-0.39, 0.29) is 5.78 Å². The molecule has 0 fully saturated rings. The van der Waals surface area contributed by atoms with E-state index in [0.29, 0.717) is 12.2 Å². The topological polar surface area (TPSA) is 42.9 Å². The normalized spacial score (nSPS) is 10.7. The fourth-order valence-electron chi connectivity index (χ4n) is 2.33. The van der Waals surface area contributed by atoms with Gasteiger partial charge in [-0.3, -0.25) is 4.79 Å². The van der Waals surface area contributed by atoms with Crippen molar-refractivity contribution in [2.75, 3.05) is 0 Å². The molecule has 3 heteroatoms. The van der Waals surface area contributed by atoms with E-state index in [1.54, 1.807) is 18.5 Å². The summed E-state index contributed by atoms with van der Waals surface area (Å²) < 4.78 is 0. The second kappa shape index (κ2) is 11.6. The van der Waals surface area contributed by atoms with Crippen LogP contribution in [0.15, 0.2) is 18.5 Å². The molecule has 20 heavy (non-hydrogen) atoms. The lowest BCUT2D eigenvalue weighted by molar-refractivity contribution is 0.0969. The van der Waals surface area contributed by atoms with Crippen molar-refractivity contribution in [1.82, 2.24) is 9.97 Å². The summed E-state index contributed by atoms with van der Waals surface area (Å²) in [6.07, 6.45) is 16.7. The highest BCUT2D eigenvalue weighted by atomic mass is 16.1. The molecule has 112 valence electrons. The van der Waals surface area contributed by atoms with Gasteiger partial charge in [0.1, 0.15) is 0 Å². The van der Waals surface area contributed by atoms with Gasteiger partial charge >= 0.3 is 0 Å². The molecule has 0 aliphatic heterocycles. The Morgan fingerprint density at radius 1 is 0.850 bits per heavy atom. The highest BCUT2D eigenvalue weighted by Gasteiger charge is 2.07. The largest absolute Gasteiger partial charge is 0.291 e. The van der Waals surface area contributed by atoms with Gasteiger partial charge in [-0.25, -0.2) is 9.97 Å². The van der Waals surface area contributed by atoms with Gasteiger partial charge in [0.05, 0.1) is 0 Å². The highest BCUT2D eigenvalue weighted by Crippen LogP contribution is 2.11. The van der Waals surface area contributed by atoms with E-state index in [9.17, 15) is 4.79 Å². The zero-order valence-electron chi connectivity index (χ0n) is 12.8. The molecule has 1 rings (SSSR count). The van der Waals surface area contributed by atoms with Crippen LogP contribution in [-0.2, 0) is 0 Å². The molecule has 0 atom stereocenters. The van der Waals surface area contributed by atoms with Crippen LogP contribution >= 0.6 is 0 Å². The molecule has 0 saturated heterocycles. The van der Waals surface area contributed by atoms with Crippen molar-refractivity contribution in [1.29, 1.82) is 0 Å². The van der Waals surface area contributed by atoms with Gasteiger partial charge in [0.15, 0.2) is 11.6 Å². The molecule has 0 aromatic carbocycles. The van der Waals surface area contributed by atoms with Crippen molar-refractivity contribution in [2.24, 2.45) is 0 Å². The third-order valence-electron chi connectivity index (χ3n) is 3.57. The average molecular weight is 276 g/mol. The van der Waals surface area contributed by atoms with Gasteiger partial charge in [0.2, 0.25) is 0 Å². The minimum Gasteiger partial charge on any atom is -0.291 e. The van der Waals surface area contributed by atoms with E-state index in [2.05, 4.69) is 16.9 Å². The minimum absolute atomic E-state index is 0.0742. The third kappa shape index (κ3) is 8.03. The summed E-state index contributed by atoms with van der Waals surface area (Å²) in [5.74, 6) is 0.439. The molecule has 0 spiro atoms. The average Bonchev–Trinajstić information content (AvgIpc) is 2.50. The van der Waals surface area contributed by atoms with Crippen LogP contribution in [0.1, 0.15) is 88.2 Å². The highest BCUT2D eigenvalue weighted by molar-refractivity contribution is 5.92. The Hall–Kier alpha value is -1.25. The molecule has 0 aliphatic rings. The summed E-state index contributed by atoms with van der Waals surface area (Å²) in [6, 6.07) is 1.73. The van der Waals surface area contributed by atoms with Crippen LogP contribution in [0, 0.1) is 0 Å². The monoisotopic (exact) mass is 276 g/mol. The number of carbonyl (C=O) groups excluding carboxylic acids is 1. The van der Waals surface area contributed by atoms with Gasteiger partial charge in [-0.2, -0.15) is 0 Å². The van der Waals surface area contributed by atoms with Crippen LogP contribution in [0.5, 0.6) is 0 Å². The smallest absolute Gasteiger partial charge is 0.200 e. The SMILES string of the molecule is CCCCCCCCCCCCC(=O)c1ncccn1. The number of hydrogen-bond acceptors (Lipinski definition) is 3. The van der Waals surface area contributed by atoms with E-state index < -0.39 is 0 Å². The molecule has 0 aliphatic carbocycles. The van der Waals surface area contributed by atoms with Gasteiger partial charge in [-0.05, 0) is 12.5 Å². The number of nitrogens with zero attached hydrogens (tertiary/aromatic N) is 2. The number of ketones is 1. The Bertz CT molecular complexity index is 351. The molecule has 0 bridgehead atoms. The van der Waals surface area contributed by atoms with E-state index >= 15 is 0 Å². The van der Waals surface area contributed by atoms with E-state index in [4.69, 9.17) is 0 Å². The first-order valence-corrected chi connectivity index (χ1v) is 8.15. The molecular formula is C17H28N2O. The zero-order valence-corrected chi connectivity index (χ0v) is 12.8. The van der Waals surface area contributed by atoms with Crippen LogP contribution < -0.4 is 0 Å². The standard InChI is InChI=1S/C17H28N2O/c1-2-3-4-5-6-7-8-9-10-11-13-16(20)17-18-14-12-15-19-17/h12,14-15H,2-11,13H2,1H3. The lowest BCUT2D eigenvalue weighted by atomic mass is 10.0. The molecule has 1 aromatic heterocycles. The van der Waals surface area contributed by atoms with Gasteiger partial charge in [-0.1, -0.05) is 64.7 Å². The molecule has 0 saturated carbocycles. The molecule has 0 amide bonds. The summed E-state index contributed by atoms with van der Waals surface area (Å²) in [7, 11) is 0. The number of Topliss-reactive ketones (excluding diaryl/α,β-unsaturated/α-hetero) is 1. The van der Waals surface area contributed by atoms with E-state index in [1.165, 1.54) is 51.4 Å². The van der Waals surface area contributed by atoms with E-state index in [1.807, 2.05) is 0 Å². The number of hydrogen-bond donors (Lipinski definition) is 0.